The Bertz CT molecular complexity index is 1070. The van der Waals surface area contributed by atoms with Gasteiger partial charge in [0.1, 0.15) is 12.2 Å². The normalized spacial score (nSPS) is 19.1. The molecule has 0 aromatic heterocycles. The van der Waals surface area contributed by atoms with Gasteiger partial charge in [0, 0.05) is 11.1 Å². The molecule has 26 heavy (non-hydrogen) atoms. The number of carbonyl (C=O) groups excluding carboxylic acids is 1. The van der Waals surface area contributed by atoms with E-state index >= 15 is 0 Å². The first-order chi connectivity index (χ1) is 12.6. The Kier molecular flexibility index (Phi) is 3.11. The summed E-state index contributed by atoms with van der Waals surface area (Å²) in [5.41, 5.74) is 5.40. The third-order valence-corrected chi connectivity index (χ3v) is 5.12. The summed E-state index contributed by atoms with van der Waals surface area (Å²) in [6, 6.07) is 19.9. The van der Waals surface area contributed by atoms with Crippen LogP contribution in [-0.4, -0.2) is 16.9 Å². The highest BCUT2D eigenvalue weighted by Crippen LogP contribution is 2.54. The lowest BCUT2D eigenvalue weighted by Gasteiger charge is -2.17. The fourth-order valence-electron chi connectivity index (χ4n) is 3.88. The molecule has 0 unspecified atom stereocenters. The fraction of sp³-hybridized carbons (Fsp3) is 0.0909. The van der Waals surface area contributed by atoms with Gasteiger partial charge in [0.25, 0.3) is 0 Å². The molecule has 4 heteroatoms. The molecule has 2 aliphatic heterocycles. The van der Waals surface area contributed by atoms with Crippen molar-refractivity contribution >= 4 is 11.8 Å². The van der Waals surface area contributed by atoms with E-state index in [2.05, 4.69) is 0 Å². The Morgan fingerprint density at radius 1 is 0.692 bits per heavy atom. The van der Waals surface area contributed by atoms with Gasteiger partial charge in [0.15, 0.2) is 5.78 Å². The van der Waals surface area contributed by atoms with E-state index < -0.39 is 5.97 Å². The smallest absolute Gasteiger partial charge is 0.335 e. The second-order valence-corrected chi connectivity index (χ2v) is 6.58. The second kappa shape index (κ2) is 5.38. The molecule has 2 bridgehead atoms. The van der Waals surface area contributed by atoms with E-state index in [4.69, 9.17) is 4.74 Å². The first-order valence-electron chi connectivity index (χ1n) is 8.39. The van der Waals surface area contributed by atoms with Gasteiger partial charge in [-0.25, -0.2) is 4.79 Å². The maximum absolute atomic E-state index is 12.7. The Hall–Kier alpha value is -3.24. The molecule has 0 radical (unpaired) electrons. The van der Waals surface area contributed by atoms with E-state index in [0.29, 0.717) is 11.1 Å². The van der Waals surface area contributed by atoms with Crippen LogP contribution >= 0.6 is 0 Å². The summed E-state index contributed by atoms with van der Waals surface area (Å²) >= 11 is 0. The van der Waals surface area contributed by atoms with Gasteiger partial charge in [0.2, 0.25) is 0 Å². The summed E-state index contributed by atoms with van der Waals surface area (Å²) < 4.78 is 6.08. The van der Waals surface area contributed by atoms with Crippen molar-refractivity contribution in [2.24, 2.45) is 0 Å². The number of hydrogen-bond acceptors (Lipinski definition) is 3. The van der Waals surface area contributed by atoms with Gasteiger partial charge in [-0.15, -0.1) is 0 Å². The molecule has 2 aliphatic rings. The Morgan fingerprint density at radius 2 is 1.27 bits per heavy atom. The Balaban J connectivity index is 1.57. The molecule has 1 N–H and O–H groups in total. The standard InChI is InChI=1S/C22H14O4/c23-19(12-4-2-1-3-5-12)13-6-8-15-17(10-13)21-18-11-14(22(24)25)7-9-16(18)20(15)26-21/h1-11,20-21H,(H,24,25)/t20-,21+/m0/s1. The summed E-state index contributed by atoms with van der Waals surface area (Å²) in [5, 5.41) is 9.24. The van der Waals surface area contributed by atoms with Gasteiger partial charge < -0.3 is 9.84 Å². The fourth-order valence-corrected chi connectivity index (χ4v) is 3.88. The van der Waals surface area contributed by atoms with E-state index in [0.717, 1.165) is 22.3 Å². The summed E-state index contributed by atoms with van der Waals surface area (Å²) in [6.07, 6.45) is -0.499. The summed E-state index contributed by atoms with van der Waals surface area (Å²) in [6.45, 7) is 0. The largest absolute Gasteiger partial charge is 0.478 e. The molecule has 0 aliphatic carbocycles. The number of rotatable bonds is 3. The molecule has 0 saturated carbocycles. The van der Waals surface area contributed by atoms with Crippen molar-refractivity contribution in [1.29, 1.82) is 0 Å². The zero-order chi connectivity index (χ0) is 17.8. The topological polar surface area (TPSA) is 63.6 Å². The maximum Gasteiger partial charge on any atom is 0.335 e. The monoisotopic (exact) mass is 342 g/mol. The van der Waals surface area contributed by atoms with Crippen LogP contribution in [-0.2, 0) is 4.74 Å². The van der Waals surface area contributed by atoms with E-state index in [1.54, 1.807) is 24.3 Å². The van der Waals surface area contributed by atoms with Crippen molar-refractivity contribution in [2.45, 2.75) is 12.2 Å². The predicted molar refractivity (Wildman–Crippen MR) is 94.5 cm³/mol. The summed E-state index contributed by atoms with van der Waals surface area (Å²) in [7, 11) is 0. The minimum absolute atomic E-state index is 0.0318. The first kappa shape index (κ1) is 15.0. The number of carboxylic acids is 1. The molecule has 4 nitrogen and oxygen atoms in total. The zero-order valence-electron chi connectivity index (χ0n) is 13.7. The van der Waals surface area contributed by atoms with Gasteiger partial charge in [0.05, 0.1) is 5.56 Å². The number of benzene rings is 3. The van der Waals surface area contributed by atoms with Gasteiger partial charge in [-0.2, -0.15) is 0 Å². The van der Waals surface area contributed by atoms with Crippen LogP contribution < -0.4 is 0 Å². The van der Waals surface area contributed by atoms with Crippen LogP contribution in [0.2, 0.25) is 0 Å². The van der Waals surface area contributed by atoms with Gasteiger partial charge >= 0.3 is 5.97 Å². The number of ketones is 1. The van der Waals surface area contributed by atoms with Gasteiger partial charge in [-0.3, -0.25) is 4.79 Å². The maximum atomic E-state index is 12.7. The van der Waals surface area contributed by atoms with E-state index in [9.17, 15) is 14.7 Å². The van der Waals surface area contributed by atoms with Crippen LogP contribution in [0.25, 0.3) is 0 Å². The van der Waals surface area contributed by atoms with Crippen LogP contribution in [0.1, 0.15) is 60.7 Å². The van der Waals surface area contributed by atoms with Crippen molar-refractivity contribution in [3.8, 4) is 0 Å². The SMILES string of the molecule is O=C(O)c1ccc2c(c1)[C@@H]1O[C@H]2c2ccc(C(=O)c3ccccc3)cc21. The molecular weight excluding hydrogens is 328 g/mol. The molecule has 2 heterocycles. The minimum Gasteiger partial charge on any atom is -0.478 e. The van der Waals surface area contributed by atoms with E-state index in [1.165, 1.54) is 0 Å². The number of ether oxygens (including phenoxy) is 1. The lowest BCUT2D eigenvalue weighted by molar-refractivity contribution is 0.0696. The first-order valence-corrected chi connectivity index (χ1v) is 8.39. The Morgan fingerprint density at radius 3 is 1.92 bits per heavy atom. The van der Waals surface area contributed by atoms with Crippen LogP contribution in [0.4, 0.5) is 0 Å². The predicted octanol–water partition coefficient (Wildman–Crippen LogP) is 4.14. The second-order valence-electron chi connectivity index (χ2n) is 6.58. The third kappa shape index (κ3) is 2.06. The third-order valence-electron chi connectivity index (χ3n) is 5.12. The van der Waals surface area contributed by atoms with Crippen molar-refractivity contribution in [3.63, 3.8) is 0 Å². The average molecular weight is 342 g/mol. The van der Waals surface area contributed by atoms with Crippen LogP contribution in [0, 0.1) is 0 Å². The molecule has 0 spiro atoms. The lowest BCUT2D eigenvalue weighted by Crippen LogP contribution is -2.08. The highest BCUT2D eigenvalue weighted by atomic mass is 16.5. The number of fused-ring (bicyclic) bond motifs is 8. The number of aromatic carboxylic acids is 1. The molecule has 0 fully saturated rings. The average Bonchev–Trinajstić information content (AvgIpc) is 3.24. The molecule has 0 amide bonds. The van der Waals surface area contributed by atoms with Crippen molar-refractivity contribution in [2.75, 3.05) is 0 Å². The quantitative estimate of drug-likeness (QED) is 0.727. The molecule has 3 aromatic rings. The van der Waals surface area contributed by atoms with Gasteiger partial charge in [-0.05, 0) is 40.5 Å². The summed E-state index contributed by atoms with van der Waals surface area (Å²) in [4.78, 5) is 24.0. The Labute approximate surface area is 149 Å². The van der Waals surface area contributed by atoms with Crippen LogP contribution in [0.15, 0.2) is 66.7 Å². The minimum atomic E-state index is -0.955. The van der Waals surface area contributed by atoms with Crippen LogP contribution in [0.3, 0.4) is 0 Å². The van der Waals surface area contributed by atoms with Crippen LogP contribution in [0.5, 0.6) is 0 Å². The highest BCUT2D eigenvalue weighted by molar-refractivity contribution is 6.09. The van der Waals surface area contributed by atoms with Crippen molar-refractivity contribution in [3.05, 3.63) is 106 Å². The number of carboxylic acid groups (broad SMARTS) is 1. The molecule has 5 rings (SSSR count). The van der Waals surface area contributed by atoms with E-state index in [1.807, 2.05) is 42.5 Å². The summed E-state index contributed by atoms with van der Waals surface area (Å²) in [5.74, 6) is -0.987. The zero-order valence-corrected chi connectivity index (χ0v) is 13.7. The molecule has 126 valence electrons. The van der Waals surface area contributed by atoms with Crippen molar-refractivity contribution < 1.29 is 19.4 Å². The molecule has 3 aromatic carbocycles. The van der Waals surface area contributed by atoms with Gasteiger partial charge in [-0.1, -0.05) is 48.5 Å². The number of carbonyl (C=O) groups is 2. The lowest BCUT2D eigenvalue weighted by atomic mass is 9.84. The van der Waals surface area contributed by atoms with Crippen molar-refractivity contribution in [1.82, 2.24) is 0 Å². The molecular formula is C22H14O4. The van der Waals surface area contributed by atoms with E-state index in [-0.39, 0.29) is 23.6 Å². The highest BCUT2D eigenvalue weighted by Gasteiger charge is 2.43. The molecule has 0 saturated heterocycles. The molecule has 2 atom stereocenters. The number of hydrogen-bond donors (Lipinski definition) is 1.